The van der Waals surface area contributed by atoms with E-state index in [1.807, 2.05) is 13.8 Å². The zero-order chi connectivity index (χ0) is 11.0. The summed E-state index contributed by atoms with van der Waals surface area (Å²) >= 11 is 0. The van der Waals surface area contributed by atoms with Crippen molar-refractivity contribution in [1.29, 1.82) is 0 Å². The number of ether oxygens (including phenoxy) is 1. The van der Waals surface area contributed by atoms with Crippen molar-refractivity contribution in [2.24, 2.45) is 0 Å². The maximum Gasteiger partial charge on any atom is 0.410 e. The number of nitrogens with zero attached hydrogens (tertiary/aromatic N) is 1. The van der Waals surface area contributed by atoms with Gasteiger partial charge in [0.05, 0.1) is 0 Å². The lowest BCUT2D eigenvalue weighted by atomic mass is 10.3. The molecule has 14 heavy (non-hydrogen) atoms. The molecule has 0 saturated heterocycles. The summed E-state index contributed by atoms with van der Waals surface area (Å²) in [5.74, 6) is 0. The zero-order valence-corrected chi connectivity index (χ0v) is 9.45. The van der Waals surface area contributed by atoms with Gasteiger partial charge in [-0.25, -0.2) is 4.79 Å². The summed E-state index contributed by atoms with van der Waals surface area (Å²) in [5, 5.41) is 0. The summed E-state index contributed by atoms with van der Waals surface area (Å²) in [4.78, 5) is 13.2. The summed E-state index contributed by atoms with van der Waals surface area (Å²) in [6.45, 7) is 10.6. The topological polar surface area (TPSA) is 29.5 Å². The summed E-state index contributed by atoms with van der Waals surface area (Å²) < 4.78 is 4.98. The zero-order valence-electron chi connectivity index (χ0n) is 9.45. The predicted octanol–water partition coefficient (Wildman–Crippen LogP) is 2.82. The molecule has 0 bridgehead atoms. The van der Waals surface area contributed by atoms with Crippen LogP contribution < -0.4 is 0 Å². The van der Waals surface area contributed by atoms with Gasteiger partial charge >= 0.3 is 6.09 Å². The van der Waals surface area contributed by atoms with Crippen LogP contribution in [0.25, 0.3) is 0 Å². The number of amides is 1. The highest BCUT2D eigenvalue weighted by Gasteiger charge is 2.16. The van der Waals surface area contributed by atoms with Crippen LogP contribution in [0.15, 0.2) is 12.7 Å². The number of rotatable bonds is 6. The Kier molecular flexibility index (Phi) is 6.89. The first-order chi connectivity index (χ1) is 6.63. The second-order valence-electron chi connectivity index (χ2n) is 3.51. The summed E-state index contributed by atoms with van der Waals surface area (Å²) in [5.41, 5.74) is 0. The minimum absolute atomic E-state index is 0.193. The summed E-state index contributed by atoms with van der Waals surface area (Å²) in [6, 6.07) is 0.193. The molecule has 0 aromatic rings. The molecule has 0 aliphatic rings. The van der Waals surface area contributed by atoms with Crippen LogP contribution in [0.4, 0.5) is 4.79 Å². The van der Waals surface area contributed by atoms with E-state index in [4.69, 9.17) is 4.74 Å². The van der Waals surface area contributed by atoms with Crippen molar-refractivity contribution in [3.63, 3.8) is 0 Å². The third kappa shape index (κ3) is 4.90. The Morgan fingerprint density at radius 1 is 1.57 bits per heavy atom. The monoisotopic (exact) mass is 199 g/mol. The van der Waals surface area contributed by atoms with Gasteiger partial charge in [-0.2, -0.15) is 0 Å². The summed E-state index contributed by atoms with van der Waals surface area (Å²) in [6.07, 6.45) is 3.43. The van der Waals surface area contributed by atoms with Crippen LogP contribution in [0.2, 0.25) is 0 Å². The van der Waals surface area contributed by atoms with E-state index in [0.29, 0.717) is 0 Å². The quantitative estimate of drug-likeness (QED) is 0.616. The highest BCUT2D eigenvalue weighted by atomic mass is 16.6. The Hall–Kier alpha value is -0.990. The van der Waals surface area contributed by atoms with E-state index in [-0.39, 0.29) is 18.7 Å². The molecule has 0 heterocycles. The number of hydrogen-bond acceptors (Lipinski definition) is 2. The number of carbonyl (C=O) groups is 1. The highest BCUT2D eigenvalue weighted by molar-refractivity contribution is 5.68. The van der Waals surface area contributed by atoms with Gasteiger partial charge in [0.2, 0.25) is 0 Å². The minimum Gasteiger partial charge on any atom is -0.445 e. The fraction of sp³-hybridized carbons (Fsp3) is 0.727. The van der Waals surface area contributed by atoms with Gasteiger partial charge in [-0.3, -0.25) is 0 Å². The average molecular weight is 199 g/mol. The molecular formula is C11H21NO2. The lowest BCUT2D eigenvalue weighted by Gasteiger charge is -2.25. The van der Waals surface area contributed by atoms with Gasteiger partial charge in [0.15, 0.2) is 0 Å². The molecule has 0 aliphatic heterocycles. The molecule has 0 aromatic carbocycles. The molecule has 0 N–H and O–H groups in total. The molecular weight excluding hydrogens is 178 g/mol. The first-order valence-electron chi connectivity index (χ1n) is 5.17. The van der Waals surface area contributed by atoms with E-state index in [9.17, 15) is 4.79 Å². The van der Waals surface area contributed by atoms with Gasteiger partial charge in [0, 0.05) is 12.6 Å². The van der Waals surface area contributed by atoms with Crippen LogP contribution in [0.3, 0.4) is 0 Å². The average Bonchev–Trinajstić information content (AvgIpc) is 2.14. The second kappa shape index (κ2) is 7.42. The third-order valence-corrected chi connectivity index (χ3v) is 1.94. The molecule has 3 nitrogen and oxygen atoms in total. The Morgan fingerprint density at radius 3 is 2.64 bits per heavy atom. The smallest absolute Gasteiger partial charge is 0.410 e. The Bertz CT molecular complexity index is 178. The van der Waals surface area contributed by atoms with Crippen molar-refractivity contribution < 1.29 is 9.53 Å². The molecule has 3 heteroatoms. The van der Waals surface area contributed by atoms with E-state index in [1.54, 1.807) is 11.0 Å². The van der Waals surface area contributed by atoms with Gasteiger partial charge in [0.25, 0.3) is 0 Å². The lowest BCUT2D eigenvalue weighted by Crippen LogP contribution is -2.38. The molecule has 0 spiro atoms. The molecule has 82 valence electrons. The highest BCUT2D eigenvalue weighted by Crippen LogP contribution is 2.04. The molecule has 0 aliphatic carbocycles. The molecule has 0 fully saturated rings. The molecule has 0 rings (SSSR count). The molecule has 1 amide bonds. The van der Waals surface area contributed by atoms with Crippen molar-refractivity contribution in [3.8, 4) is 0 Å². The van der Waals surface area contributed by atoms with Gasteiger partial charge in [-0.05, 0) is 20.3 Å². The van der Waals surface area contributed by atoms with Gasteiger partial charge in [-0.15, -0.1) is 0 Å². The first kappa shape index (κ1) is 13.0. The van der Waals surface area contributed by atoms with Crippen LogP contribution >= 0.6 is 0 Å². The predicted molar refractivity (Wildman–Crippen MR) is 58.3 cm³/mol. The number of hydrogen-bond donors (Lipinski definition) is 0. The fourth-order valence-corrected chi connectivity index (χ4v) is 1.10. The Labute approximate surface area is 86.7 Å². The largest absolute Gasteiger partial charge is 0.445 e. The van der Waals surface area contributed by atoms with E-state index in [1.165, 1.54) is 0 Å². The summed E-state index contributed by atoms with van der Waals surface area (Å²) in [7, 11) is 0. The van der Waals surface area contributed by atoms with E-state index < -0.39 is 0 Å². The first-order valence-corrected chi connectivity index (χ1v) is 5.17. The Balaban J connectivity index is 4.04. The van der Waals surface area contributed by atoms with E-state index in [0.717, 1.165) is 19.4 Å². The van der Waals surface area contributed by atoms with Gasteiger partial charge in [0.1, 0.15) is 6.61 Å². The lowest BCUT2D eigenvalue weighted by molar-refractivity contribution is 0.100. The van der Waals surface area contributed by atoms with Crippen LogP contribution in [-0.4, -0.2) is 30.2 Å². The number of unbranched alkanes of at least 4 members (excludes halogenated alkanes) is 1. The Morgan fingerprint density at radius 2 is 2.21 bits per heavy atom. The van der Waals surface area contributed by atoms with Crippen molar-refractivity contribution in [2.45, 2.75) is 39.7 Å². The molecule has 0 aromatic heterocycles. The SMILES string of the molecule is C=CCOC(=O)N(CCCC)C(C)C. The molecule has 0 unspecified atom stereocenters. The maximum absolute atomic E-state index is 11.5. The standard InChI is InChI=1S/C11H21NO2/c1-5-7-8-12(10(3)4)11(13)14-9-6-2/h6,10H,2,5,7-9H2,1,3-4H3. The van der Waals surface area contributed by atoms with Crippen molar-refractivity contribution >= 4 is 6.09 Å². The number of carbonyl (C=O) groups excluding carboxylic acids is 1. The van der Waals surface area contributed by atoms with E-state index >= 15 is 0 Å². The minimum atomic E-state index is -0.242. The van der Waals surface area contributed by atoms with Crippen LogP contribution in [0.1, 0.15) is 33.6 Å². The van der Waals surface area contributed by atoms with Crippen LogP contribution in [0.5, 0.6) is 0 Å². The van der Waals surface area contributed by atoms with E-state index in [2.05, 4.69) is 13.5 Å². The second-order valence-corrected chi connectivity index (χ2v) is 3.51. The van der Waals surface area contributed by atoms with Gasteiger partial charge in [-0.1, -0.05) is 26.0 Å². The molecule has 0 radical (unpaired) electrons. The van der Waals surface area contributed by atoms with Crippen LogP contribution in [0, 0.1) is 0 Å². The van der Waals surface area contributed by atoms with Crippen molar-refractivity contribution in [3.05, 3.63) is 12.7 Å². The van der Waals surface area contributed by atoms with Crippen molar-refractivity contribution in [1.82, 2.24) is 4.90 Å². The van der Waals surface area contributed by atoms with Crippen LogP contribution in [-0.2, 0) is 4.74 Å². The molecule has 0 atom stereocenters. The maximum atomic E-state index is 11.5. The van der Waals surface area contributed by atoms with Gasteiger partial charge < -0.3 is 9.64 Å². The van der Waals surface area contributed by atoms with Crippen molar-refractivity contribution in [2.75, 3.05) is 13.2 Å². The molecule has 0 saturated carbocycles. The third-order valence-electron chi connectivity index (χ3n) is 1.94. The fourth-order valence-electron chi connectivity index (χ4n) is 1.10. The normalized spacial score (nSPS) is 10.0.